The van der Waals surface area contributed by atoms with Gasteiger partial charge in [0.1, 0.15) is 5.82 Å². The summed E-state index contributed by atoms with van der Waals surface area (Å²) in [6.07, 6.45) is 4.08. The van der Waals surface area contributed by atoms with E-state index >= 15 is 0 Å². The van der Waals surface area contributed by atoms with Gasteiger partial charge in [-0.3, -0.25) is 9.48 Å². The second-order valence-electron chi connectivity index (χ2n) is 5.34. The molecule has 1 aromatic rings. The summed E-state index contributed by atoms with van der Waals surface area (Å²) in [6.45, 7) is 2.18. The first-order valence-corrected chi connectivity index (χ1v) is 6.71. The smallest absolute Gasteiger partial charge is 0.239 e. The lowest BCUT2D eigenvalue weighted by Gasteiger charge is -2.27. The molecular weight excluding hydrogens is 244 g/mol. The van der Waals surface area contributed by atoms with Gasteiger partial charge in [0.25, 0.3) is 0 Å². The van der Waals surface area contributed by atoms with Crippen LogP contribution in [-0.2, 0) is 11.8 Å². The van der Waals surface area contributed by atoms with Crippen LogP contribution in [0.15, 0.2) is 6.07 Å². The van der Waals surface area contributed by atoms with E-state index in [0.717, 1.165) is 31.4 Å². The topological polar surface area (TPSA) is 79.2 Å². The minimum Gasteiger partial charge on any atom is -0.394 e. The molecule has 0 aliphatic heterocycles. The highest BCUT2D eigenvalue weighted by Crippen LogP contribution is 2.28. The van der Waals surface area contributed by atoms with Crippen molar-refractivity contribution in [2.75, 3.05) is 18.5 Å². The van der Waals surface area contributed by atoms with Crippen molar-refractivity contribution in [2.24, 2.45) is 7.05 Å². The number of amides is 1. The maximum Gasteiger partial charge on any atom is 0.239 e. The molecule has 0 saturated heterocycles. The number of carbonyl (C=O) groups excluding carboxylic acids is 1. The Morgan fingerprint density at radius 3 is 2.74 bits per heavy atom. The van der Waals surface area contributed by atoms with Crippen molar-refractivity contribution in [3.8, 4) is 0 Å². The van der Waals surface area contributed by atoms with E-state index in [-0.39, 0.29) is 24.6 Å². The second kappa shape index (κ2) is 5.71. The Labute approximate surface area is 113 Å². The SMILES string of the molecule is Cc1cc(NC(=O)CNC2(CO)CCCC2)n(C)n1. The summed E-state index contributed by atoms with van der Waals surface area (Å²) in [7, 11) is 1.79. The average Bonchev–Trinajstić information content (AvgIpc) is 2.95. The number of hydrogen-bond acceptors (Lipinski definition) is 4. The van der Waals surface area contributed by atoms with Gasteiger partial charge in [-0.1, -0.05) is 12.8 Å². The maximum absolute atomic E-state index is 11.9. The number of hydrogen-bond donors (Lipinski definition) is 3. The van der Waals surface area contributed by atoms with Crippen molar-refractivity contribution in [1.82, 2.24) is 15.1 Å². The fraction of sp³-hybridized carbons (Fsp3) is 0.692. The maximum atomic E-state index is 11.9. The van der Waals surface area contributed by atoms with Gasteiger partial charge >= 0.3 is 0 Å². The van der Waals surface area contributed by atoms with Crippen LogP contribution in [-0.4, -0.2) is 39.5 Å². The van der Waals surface area contributed by atoms with Crippen molar-refractivity contribution in [1.29, 1.82) is 0 Å². The third-order valence-corrected chi connectivity index (χ3v) is 3.76. The molecular formula is C13H22N4O2. The van der Waals surface area contributed by atoms with Gasteiger partial charge in [-0.25, -0.2) is 0 Å². The Morgan fingerprint density at radius 2 is 2.21 bits per heavy atom. The normalized spacial score (nSPS) is 17.6. The van der Waals surface area contributed by atoms with E-state index in [9.17, 15) is 9.90 Å². The molecule has 1 aromatic heterocycles. The number of aliphatic hydroxyl groups is 1. The summed E-state index contributed by atoms with van der Waals surface area (Å²) in [5, 5.41) is 19.6. The van der Waals surface area contributed by atoms with Crippen molar-refractivity contribution in [3.05, 3.63) is 11.8 Å². The number of anilines is 1. The Kier molecular flexibility index (Phi) is 4.21. The van der Waals surface area contributed by atoms with Gasteiger partial charge in [-0.2, -0.15) is 5.10 Å². The predicted octanol–water partition coefficient (Wildman–Crippen LogP) is 0.562. The molecule has 3 N–H and O–H groups in total. The molecule has 0 radical (unpaired) electrons. The zero-order valence-electron chi connectivity index (χ0n) is 11.6. The highest BCUT2D eigenvalue weighted by atomic mass is 16.3. The van der Waals surface area contributed by atoms with Gasteiger partial charge in [0.2, 0.25) is 5.91 Å². The molecule has 6 heteroatoms. The first kappa shape index (κ1) is 14.0. The van der Waals surface area contributed by atoms with Gasteiger partial charge < -0.3 is 15.7 Å². The van der Waals surface area contributed by atoms with Crippen LogP contribution in [0.1, 0.15) is 31.4 Å². The Balaban J connectivity index is 1.86. The lowest BCUT2D eigenvalue weighted by atomic mass is 9.99. The Hall–Kier alpha value is -1.40. The number of rotatable bonds is 5. The summed E-state index contributed by atoms with van der Waals surface area (Å²) in [6, 6.07) is 1.83. The van der Waals surface area contributed by atoms with Crippen molar-refractivity contribution in [2.45, 2.75) is 38.1 Å². The van der Waals surface area contributed by atoms with E-state index in [1.807, 2.05) is 13.0 Å². The molecule has 0 atom stereocenters. The number of aryl methyl sites for hydroxylation is 2. The lowest BCUT2D eigenvalue weighted by Crippen LogP contribution is -2.49. The van der Waals surface area contributed by atoms with Crippen LogP contribution >= 0.6 is 0 Å². The molecule has 0 aromatic carbocycles. The molecule has 0 bridgehead atoms. The molecule has 19 heavy (non-hydrogen) atoms. The summed E-state index contributed by atoms with van der Waals surface area (Å²) in [4.78, 5) is 11.9. The fourth-order valence-electron chi connectivity index (χ4n) is 2.62. The number of aliphatic hydroxyl groups excluding tert-OH is 1. The fourth-order valence-corrected chi connectivity index (χ4v) is 2.62. The van der Waals surface area contributed by atoms with Gasteiger partial charge in [0, 0.05) is 18.7 Å². The Bertz CT molecular complexity index is 449. The largest absolute Gasteiger partial charge is 0.394 e. The molecule has 1 fully saturated rings. The number of nitrogens with zero attached hydrogens (tertiary/aromatic N) is 2. The molecule has 2 rings (SSSR count). The third-order valence-electron chi connectivity index (χ3n) is 3.76. The van der Waals surface area contributed by atoms with Gasteiger partial charge in [0.15, 0.2) is 0 Å². The van der Waals surface area contributed by atoms with Crippen LogP contribution in [0.3, 0.4) is 0 Å². The van der Waals surface area contributed by atoms with Gasteiger partial charge in [-0.15, -0.1) is 0 Å². The number of nitrogens with one attached hydrogen (secondary N) is 2. The Morgan fingerprint density at radius 1 is 1.53 bits per heavy atom. The molecule has 1 aliphatic rings. The van der Waals surface area contributed by atoms with E-state index in [0.29, 0.717) is 5.82 Å². The molecule has 1 saturated carbocycles. The summed E-state index contributed by atoms with van der Waals surface area (Å²) in [5.41, 5.74) is 0.605. The van der Waals surface area contributed by atoms with E-state index < -0.39 is 0 Å². The molecule has 1 aliphatic carbocycles. The molecule has 0 unspecified atom stereocenters. The predicted molar refractivity (Wildman–Crippen MR) is 72.9 cm³/mol. The monoisotopic (exact) mass is 266 g/mol. The van der Waals surface area contributed by atoms with E-state index in [1.165, 1.54) is 0 Å². The molecule has 106 valence electrons. The first-order valence-electron chi connectivity index (χ1n) is 6.71. The molecule has 1 amide bonds. The van der Waals surface area contributed by atoms with Crippen LogP contribution in [0, 0.1) is 6.92 Å². The highest BCUT2D eigenvalue weighted by molar-refractivity contribution is 5.91. The van der Waals surface area contributed by atoms with Crippen LogP contribution in [0.25, 0.3) is 0 Å². The lowest BCUT2D eigenvalue weighted by molar-refractivity contribution is -0.115. The van der Waals surface area contributed by atoms with Crippen molar-refractivity contribution >= 4 is 11.7 Å². The third kappa shape index (κ3) is 3.33. The first-order chi connectivity index (χ1) is 9.04. The zero-order valence-corrected chi connectivity index (χ0v) is 11.6. The highest BCUT2D eigenvalue weighted by Gasteiger charge is 2.32. The van der Waals surface area contributed by atoms with E-state index in [4.69, 9.17) is 0 Å². The average molecular weight is 266 g/mol. The quantitative estimate of drug-likeness (QED) is 0.727. The van der Waals surface area contributed by atoms with Gasteiger partial charge in [-0.05, 0) is 19.8 Å². The van der Waals surface area contributed by atoms with Gasteiger partial charge in [0.05, 0.1) is 18.8 Å². The summed E-state index contributed by atoms with van der Waals surface area (Å²) in [5.74, 6) is 0.580. The minimum atomic E-state index is -0.264. The van der Waals surface area contributed by atoms with E-state index in [2.05, 4.69) is 15.7 Å². The van der Waals surface area contributed by atoms with Crippen LogP contribution in [0.4, 0.5) is 5.82 Å². The second-order valence-corrected chi connectivity index (χ2v) is 5.34. The minimum absolute atomic E-state index is 0.0884. The number of carbonyl (C=O) groups is 1. The molecule has 1 heterocycles. The van der Waals surface area contributed by atoms with Crippen LogP contribution < -0.4 is 10.6 Å². The zero-order chi connectivity index (χ0) is 13.9. The summed E-state index contributed by atoms with van der Waals surface area (Å²) >= 11 is 0. The molecule has 0 spiro atoms. The number of aromatic nitrogens is 2. The van der Waals surface area contributed by atoms with Crippen molar-refractivity contribution in [3.63, 3.8) is 0 Å². The van der Waals surface area contributed by atoms with E-state index in [1.54, 1.807) is 11.7 Å². The summed E-state index contributed by atoms with van der Waals surface area (Å²) < 4.78 is 1.64. The standard InChI is InChI=1S/C13H22N4O2/c1-10-7-11(17(2)16-10)15-12(19)8-14-13(9-18)5-3-4-6-13/h7,14,18H,3-6,8-9H2,1-2H3,(H,15,19). The van der Waals surface area contributed by atoms with Crippen LogP contribution in [0.5, 0.6) is 0 Å². The molecule has 6 nitrogen and oxygen atoms in total. The van der Waals surface area contributed by atoms with Crippen molar-refractivity contribution < 1.29 is 9.90 Å². The van der Waals surface area contributed by atoms with Crippen LogP contribution in [0.2, 0.25) is 0 Å².